The summed E-state index contributed by atoms with van der Waals surface area (Å²) in [6.07, 6.45) is 0. The van der Waals surface area contributed by atoms with Crippen LogP contribution in [0.4, 0.5) is 0 Å². The van der Waals surface area contributed by atoms with Crippen molar-refractivity contribution in [3.8, 4) is 0 Å². The number of nitrogens with zero attached hydrogens (tertiary/aromatic N) is 1. The lowest BCUT2D eigenvalue weighted by Gasteiger charge is -2.23. The summed E-state index contributed by atoms with van der Waals surface area (Å²) in [7, 11) is -3.63. The van der Waals surface area contributed by atoms with E-state index in [0.717, 1.165) is 0 Å². The molecular formula is C9H17N3O3S. The molecule has 0 aromatic carbocycles. The third-order valence-electron chi connectivity index (χ3n) is 2.16. The van der Waals surface area contributed by atoms with E-state index < -0.39 is 15.6 Å². The summed E-state index contributed by atoms with van der Waals surface area (Å²) < 4.78 is 31.4. The minimum atomic E-state index is -3.63. The first-order chi connectivity index (χ1) is 7.19. The van der Waals surface area contributed by atoms with Crippen LogP contribution >= 0.6 is 0 Å². The van der Waals surface area contributed by atoms with Crippen LogP contribution in [-0.2, 0) is 10.0 Å². The molecule has 1 heterocycles. The average molecular weight is 247 g/mol. The SMILES string of the molecule is Cc1noc(C)c1S(=O)(=O)NC(C)(C)CN. The summed E-state index contributed by atoms with van der Waals surface area (Å²) in [6, 6.07) is 0. The highest BCUT2D eigenvalue weighted by atomic mass is 32.2. The number of aryl methyl sites for hydroxylation is 2. The van der Waals surface area contributed by atoms with Crippen LogP contribution in [0.5, 0.6) is 0 Å². The molecule has 0 aliphatic carbocycles. The summed E-state index contributed by atoms with van der Waals surface area (Å²) >= 11 is 0. The molecule has 0 saturated carbocycles. The van der Waals surface area contributed by atoms with E-state index in [1.165, 1.54) is 0 Å². The van der Waals surface area contributed by atoms with Crippen molar-refractivity contribution in [3.63, 3.8) is 0 Å². The molecule has 0 fully saturated rings. The van der Waals surface area contributed by atoms with Gasteiger partial charge in [0.1, 0.15) is 10.6 Å². The second kappa shape index (κ2) is 4.15. The second-order valence-electron chi connectivity index (χ2n) is 4.35. The Balaban J connectivity index is 3.14. The van der Waals surface area contributed by atoms with Gasteiger partial charge in [-0.3, -0.25) is 0 Å². The molecule has 1 aromatic rings. The Kier molecular flexibility index (Phi) is 3.41. The number of nitrogens with two attached hydrogens (primary N) is 1. The van der Waals surface area contributed by atoms with Gasteiger partial charge in [0.25, 0.3) is 0 Å². The number of hydrogen-bond donors (Lipinski definition) is 2. The molecule has 0 radical (unpaired) electrons. The van der Waals surface area contributed by atoms with Crippen LogP contribution in [0.25, 0.3) is 0 Å². The predicted molar refractivity (Wildman–Crippen MR) is 59.4 cm³/mol. The molecule has 0 spiro atoms. The monoisotopic (exact) mass is 247 g/mol. The van der Waals surface area contributed by atoms with Crippen LogP contribution in [0.2, 0.25) is 0 Å². The predicted octanol–water partition coefficient (Wildman–Crippen LogP) is 0.307. The number of nitrogens with one attached hydrogen (secondary N) is 1. The molecule has 0 amide bonds. The molecule has 7 heteroatoms. The zero-order valence-electron chi connectivity index (χ0n) is 9.86. The summed E-state index contributed by atoms with van der Waals surface area (Å²) in [6.45, 7) is 6.77. The van der Waals surface area contributed by atoms with Crippen molar-refractivity contribution in [2.75, 3.05) is 6.54 Å². The molecular weight excluding hydrogens is 230 g/mol. The van der Waals surface area contributed by atoms with Crippen molar-refractivity contribution in [2.45, 2.75) is 38.1 Å². The Labute approximate surface area is 95.2 Å². The van der Waals surface area contributed by atoms with E-state index in [9.17, 15) is 8.42 Å². The third-order valence-corrected chi connectivity index (χ3v) is 4.10. The maximum absolute atomic E-state index is 12.0. The van der Waals surface area contributed by atoms with Gasteiger partial charge in [0.15, 0.2) is 5.76 Å². The molecule has 92 valence electrons. The molecule has 0 unspecified atom stereocenters. The van der Waals surface area contributed by atoms with E-state index in [0.29, 0.717) is 5.69 Å². The highest BCUT2D eigenvalue weighted by Crippen LogP contribution is 2.20. The third kappa shape index (κ3) is 2.60. The quantitative estimate of drug-likeness (QED) is 0.797. The first-order valence-electron chi connectivity index (χ1n) is 4.86. The fourth-order valence-corrected chi connectivity index (χ4v) is 3.07. The van der Waals surface area contributed by atoms with Crippen LogP contribution in [0.15, 0.2) is 9.42 Å². The smallest absolute Gasteiger partial charge is 0.246 e. The fourth-order valence-electron chi connectivity index (χ4n) is 1.31. The van der Waals surface area contributed by atoms with E-state index in [1.807, 2.05) is 0 Å². The van der Waals surface area contributed by atoms with Crippen molar-refractivity contribution < 1.29 is 12.9 Å². The van der Waals surface area contributed by atoms with Gasteiger partial charge in [-0.25, -0.2) is 13.1 Å². The topological polar surface area (TPSA) is 98.2 Å². The second-order valence-corrected chi connectivity index (χ2v) is 5.97. The Morgan fingerprint density at radius 3 is 2.38 bits per heavy atom. The Bertz CT molecular complexity index is 457. The first kappa shape index (κ1) is 13.1. The van der Waals surface area contributed by atoms with Gasteiger partial charge >= 0.3 is 0 Å². The minimum absolute atomic E-state index is 0.0917. The maximum Gasteiger partial charge on any atom is 0.246 e. The highest BCUT2D eigenvalue weighted by molar-refractivity contribution is 7.89. The average Bonchev–Trinajstić information content (AvgIpc) is 2.44. The first-order valence-corrected chi connectivity index (χ1v) is 6.35. The van der Waals surface area contributed by atoms with Gasteiger partial charge in [0.2, 0.25) is 10.0 Å². The molecule has 1 rings (SSSR count). The summed E-state index contributed by atoms with van der Waals surface area (Å²) in [4.78, 5) is 0.0917. The number of hydrogen-bond acceptors (Lipinski definition) is 5. The van der Waals surface area contributed by atoms with Gasteiger partial charge in [-0.2, -0.15) is 0 Å². The lowest BCUT2D eigenvalue weighted by molar-refractivity contribution is 0.390. The van der Waals surface area contributed by atoms with Crippen molar-refractivity contribution in [3.05, 3.63) is 11.5 Å². The molecule has 16 heavy (non-hydrogen) atoms. The molecule has 6 nitrogen and oxygen atoms in total. The zero-order chi connectivity index (χ0) is 12.6. The van der Waals surface area contributed by atoms with Gasteiger partial charge in [-0.1, -0.05) is 5.16 Å². The maximum atomic E-state index is 12.0. The van der Waals surface area contributed by atoms with Gasteiger partial charge in [-0.15, -0.1) is 0 Å². The zero-order valence-corrected chi connectivity index (χ0v) is 10.7. The largest absolute Gasteiger partial charge is 0.360 e. The van der Waals surface area contributed by atoms with Crippen molar-refractivity contribution in [1.82, 2.24) is 9.88 Å². The summed E-state index contributed by atoms with van der Waals surface area (Å²) in [5, 5.41) is 3.61. The van der Waals surface area contributed by atoms with E-state index in [1.54, 1.807) is 27.7 Å². The Hall–Kier alpha value is -0.920. The van der Waals surface area contributed by atoms with Crippen molar-refractivity contribution >= 4 is 10.0 Å². The Morgan fingerprint density at radius 2 is 2.00 bits per heavy atom. The molecule has 3 N–H and O–H groups in total. The van der Waals surface area contributed by atoms with Gasteiger partial charge in [0.05, 0.1) is 0 Å². The number of aromatic nitrogens is 1. The lowest BCUT2D eigenvalue weighted by Crippen LogP contribution is -2.48. The van der Waals surface area contributed by atoms with Crippen molar-refractivity contribution in [1.29, 1.82) is 0 Å². The van der Waals surface area contributed by atoms with Crippen LogP contribution in [0, 0.1) is 13.8 Å². The van der Waals surface area contributed by atoms with Crippen LogP contribution in [-0.4, -0.2) is 25.7 Å². The lowest BCUT2D eigenvalue weighted by atomic mass is 10.1. The van der Waals surface area contributed by atoms with Crippen LogP contribution in [0.3, 0.4) is 0 Å². The van der Waals surface area contributed by atoms with Crippen molar-refractivity contribution in [2.24, 2.45) is 5.73 Å². The number of rotatable bonds is 4. The highest BCUT2D eigenvalue weighted by Gasteiger charge is 2.29. The van der Waals surface area contributed by atoms with E-state index >= 15 is 0 Å². The van der Waals surface area contributed by atoms with Gasteiger partial charge in [0, 0.05) is 12.1 Å². The van der Waals surface area contributed by atoms with E-state index in [-0.39, 0.29) is 17.2 Å². The van der Waals surface area contributed by atoms with Gasteiger partial charge in [-0.05, 0) is 27.7 Å². The fraction of sp³-hybridized carbons (Fsp3) is 0.667. The molecule has 0 atom stereocenters. The van der Waals surface area contributed by atoms with E-state index in [4.69, 9.17) is 10.3 Å². The molecule has 1 aromatic heterocycles. The molecule has 0 aliphatic heterocycles. The van der Waals surface area contributed by atoms with Crippen LogP contribution in [0.1, 0.15) is 25.3 Å². The van der Waals surface area contributed by atoms with Crippen LogP contribution < -0.4 is 10.5 Å². The van der Waals surface area contributed by atoms with Gasteiger partial charge < -0.3 is 10.3 Å². The minimum Gasteiger partial charge on any atom is -0.360 e. The number of sulfonamides is 1. The molecule has 0 bridgehead atoms. The molecule has 0 saturated heterocycles. The van der Waals surface area contributed by atoms with E-state index in [2.05, 4.69) is 9.88 Å². The summed E-state index contributed by atoms with van der Waals surface area (Å²) in [5.41, 5.74) is 5.12. The normalized spacial score (nSPS) is 13.1. The standard InChI is InChI=1S/C9H17N3O3S/c1-6-8(7(2)15-11-6)16(13,14)12-9(3,4)5-10/h12H,5,10H2,1-4H3. The summed E-state index contributed by atoms with van der Waals surface area (Å²) in [5.74, 6) is 0.276. The molecule has 0 aliphatic rings. The Morgan fingerprint density at radius 1 is 1.44 bits per heavy atom.